The van der Waals surface area contributed by atoms with E-state index in [1.165, 1.54) is 6.20 Å². The van der Waals surface area contributed by atoms with E-state index in [2.05, 4.69) is 25.2 Å². The largest absolute Gasteiger partial charge is 0.465 e. The molecular formula is C30H28F2N6O6S. The lowest BCUT2D eigenvalue weighted by Gasteiger charge is -2.25. The van der Waals surface area contributed by atoms with Crippen LogP contribution in [0.1, 0.15) is 42.4 Å². The Kier molecular flexibility index (Phi) is 7.92. The second kappa shape index (κ2) is 12.0. The molecule has 0 saturated carbocycles. The maximum absolute atomic E-state index is 16.6. The van der Waals surface area contributed by atoms with Crippen LogP contribution in [0.25, 0.3) is 32.2 Å². The fourth-order valence-corrected chi connectivity index (χ4v) is 7.33. The van der Waals surface area contributed by atoms with Crippen LogP contribution in [-0.2, 0) is 27.4 Å². The molecule has 0 aliphatic carbocycles. The molecular weight excluding hydrogens is 610 g/mol. The fourth-order valence-electron chi connectivity index (χ4n) is 6.29. The Balaban J connectivity index is 1.22. The van der Waals surface area contributed by atoms with Crippen molar-refractivity contribution in [2.24, 2.45) is 0 Å². The molecule has 234 valence electrons. The monoisotopic (exact) mass is 638 g/mol. The summed E-state index contributed by atoms with van der Waals surface area (Å²) >= 11 is 0.737. The Bertz CT molecular complexity index is 1860. The summed E-state index contributed by atoms with van der Waals surface area (Å²) in [5, 5.41) is 21.7. The average molecular weight is 639 g/mol. The Morgan fingerprint density at radius 2 is 2.11 bits per heavy atom. The van der Waals surface area contributed by atoms with Crippen molar-refractivity contribution in [1.29, 1.82) is 5.26 Å². The molecule has 45 heavy (non-hydrogen) atoms. The molecule has 3 atom stereocenters. The van der Waals surface area contributed by atoms with Crippen molar-refractivity contribution < 1.29 is 37.6 Å². The lowest BCUT2D eigenvalue weighted by Crippen LogP contribution is -2.31. The van der Waals surface area contributed by atoms with E-state index in [0.29, 0.717) is 23.1 Å². The number of carboxylic acid groups (broad SMARTS) is 1. The smallest absolute Gasteiger partial charge is 0.409 e. The number of nitrogens with zero attached hydrogens (tertiary/aromatic N) is 5. The van der Waals surface area contributed by atoms with Gasteiger partial charge in [-0.25, -0.2) is 18.6 Å². The maximum Gasteiger partial charge on any atom is 0.409 e. The number of likely N-dealkylation sites (N-methyl/N-ethyl adjacent to an activating group) is 1. The zero-order valence-corrected chi connectivity index (χ0v) is 25.0. The standard InChI is InChI=1S/C30H28F2N6O6S/c1-38-10-15(44-21-4-2-3-5-42-21)6-14(38)11-43-29-35-8-17-18-12-41-13-19(18)22(24(32)25(17)36-29)26-23-16(7-33)28(37-30(39)40)45-27(23)20(31)9-34-26/h8-9,14-15,21,37H,2-6,10-13H2,1H3,(H,39,40)/t14-,15+,21?/m0/s1. The predicted octanol–water partition coefficient (Wildman–Crippen LogP) is 5.17. The first-order valence-corrected chi connectivity index (χ1v) is 15.3. The van der Waals surface area contributed by atoms with E-state index < -0.39 is 17.7 Å². The Hall–Kier alpha value is -4.07. The topological polar surface area (TPSA) is 152 Å². The number of halogens is 2. The summed E-state index contributed by atoms with van der Waals surface area (Å²) in [5.74, 6) is -1.53. The van der Waals surface area contributed by atoms with Gasteiger partial charge in [-0.1, -0.05) is 0 Å². The van der Waals surface area contributed by atoms with Crippen molar-refractivity contribution in [2.45, 2.75) is 57.3 Å². The van der Waals surface area contributed by atoms with Gasteiger partial charge in [-0.3, -0.25) is 15.2 Å². The van der Waals surface area contributed by atoms with Crippen LogP contribution in [-0.4, -0.2) is 76.3 Å². The fraction of sp³-hybridized carbons (Fsp3) is 0.433. The first-order chi connectivity index (χ1) is 21.8. The molecule has 2 N–H and O–H groups in total. The molecule has 2 fully saturated rings. The van der Waals surface area contributed by atoms with Crippen LogP contribution in [0.5, 0.6) is 6.01 Å². The third-order valence-electron chi connectivity index (χ3n) is 8.45. The number of carbonyl (C=O) groups is 1. The van der Waals surface area contributed by atoms with E-state index in [4.69, 9.17) is 18.9 Å². The number of rotatable bonds is 7. The second-order valence-electron chi connectivity index (χ2n) is 11.3. The summed E-state index contributed by atoms with van der Waals surface area (Å²) in [6.45, 7) is 1.91. The summed E-state index contributed by atoms with van der Waals surface area (Å²) in [6.07, 6.45) is 4.59. The SMILES string of the molecule is CN1C[C@H](OC2CCCCO2)C[C@H]1COc1ncc2c3c(c(-c4ncc(F)c5sc(NC(=O)O)c(C#N)c45)c(F)c2n1)COC3. The average Bonchev–Trinajstić information content (AvgIpc) is 3.74. The number of hydrogen-bond acceptors (Lipinski definition) is 11. The molecule has 3 aromatic heterocycles. The van der Waals surface area contributed by atoms with Crippen molar-refractivity contribution in [3.8, 4) is 23.3 Å². The van der Waals surface area contributed by atoms with Crippen LogP contribution >= 0.6 is 11.3 Å². The van der Waals surface area contributed by atoms with Gasteiger partial charge >= 0.3 is 12.1 Å². The predicted molar refractivity (Wildman–Crippen MR) is 158 cm³/mol. The number of fused-ring (bicyclic) bond motifs is 4. The summed E-state index contributed by atoms with van der Waals surface area (Å²) < 4.78 is 55.0. The van der Waals surface area contributed by atoms with Crippen LogP contribution in [0.15, 0.2) is 12.4 Å². The van der Waals surface area contributed by atoms with Gasteiger partial charge in [0.25, 0.3) is 0 Å². The molecule has 0 bridgehead atoms. The number of thiophene rings is 1. The zero-order chi connectivity index (χ0) is 31.2. The molecule has 0 radical (unpaired) electrons. The third-order valence-corrected chi connectivity index (χ3v) is 9.57. The van der Waals surface area contributed by atoms with Gasteiger partial charge in [0.2, 0.25) is 0 Å². The summed E-state index contributed by atoms with van der Waals surface area (Å²) in [5.41, 5.74) is 0.913. The van der Waals surface area contributed by atoms with Crippen molar-refractivity contribution in [3.05, 3.63) is 40.7 Å². The highest BCUT2D eigenvalue weighted by Gasteiger charge is 2.34. The third kappa shape index (κ3) is 5.42. The first kappa shape index (κ1) is 29.6. The van der Waals surface area contributed by atoms with E-state index in [1.807, 2.05) is 13.1 Å². The molecule has 1 unspecified atom stereocenters. The first-order valence-electron chi connectivity index (χ1n) is 14.5. The summed E-state index contributed by atoms with van der Waals surface area (Å²) in [7, 11) is 1.99. The van der Waals surface area contributed by atoms with Gasteiger partial charge in [-0.05, 0) is 43.9 Å². The van der Waals surface area contributed by atoms with Gasteiger partial charge in [0, 0.05) is 41.7 Å². The van der Waals surface area contributed by atoms with Crippen LogP contribution in [0.3, 0.4) is 0 Å². The zero-order valence-electron chi connectivity index (χ0n) is 24.1. The number of aromatic nitrogens is 3. The van der Waals surface area contributed by atoms with Crippen molar-refractivity contribution in [3.63, 3.8) is 0 Å². The Morgan fingerprint density at radius 1 is 1.27 bits per heavy atom. The molecule has 15 heteroatoms. The number of benzene rings is 1. The van der Waals surface area contributed by atoms with Gasteiger partial charge < -0.3 is 24.1 Å². The minimum atomic E-state index is -1.42. The highest BCUT2D eigenvalue weighted by Crippen LogP contribution is 2.45. The molecule has 6 heterocycles. The number of anilines is 1. The highest BCUT2D eigenvalue weighted by atomic mass is 32.1. The Labute approximate surface area is 259 Å². The number of amides is 1. The minimum absolute atomic E-state index is 0.00118. The number of nitrogens with one attached hydrogen (secondary N) is 1. The van der Waals surface area contributed by atoms with E-state index in [0.717, 1.165) is 49.8 Å². The van der Waals surface area contributed by atoms with E-state index in [-0.39, 0.29) is 81.7 Å². The highest BCUT2D eigenvalue weighted by molar-refractivity contribution is 7.23. The summed E-state index contributed by atoms with van der Waals surface area (Å²) in [6, 6.07) is 1.94. The minimum Gasteiger partial charge on any atom is -0.465 e. The molecule has 1 amide bonds. The normalized spacial score (nSPS) is 21.7. The maximum atomic E-state index is 16.6. The number of ether oxygens (including phenoxy) is 4. The van der Waals surface area contributed by atoms with E-state index >= 15 is 4.39 Å². The molecule has 0 spiro atoms. The van der Waals surface area contributed by atoms with E-state index in [1.54, 1.807) is 0 Å². The van der Waals surface area contributed by atoms with Gasteiger partial charge in [0.05, 0.1) is 41.5 Å². The van der Waals surface area contributed by atoms with Crippen LogP contribution in [0.2, 0.25) is 0 Å². The number of likely N-dealkylation sites (tertiary alicyclic amines) is 1. The molecule has 4 aromatic rings. The molecule has 2 saturated heterocycles. The van der Waals surface area contributed by atoms with Crippen LogP contribution in [0.4, 0.5) is 18.6 Å². The number of nitriles is 1. The Morgan fingerprint density at radius 3 is 2.89 bits per heavy atom. The van der Waals surface area contributed by atoms with Gasteiger partial charge in [0.15, 0.2) is 17.9 Å². The van der Waals surface area contributed by atoms with Gasteiger partial charge in [0.1, 0.15) is 23.2 Å². The van der Waals surface area contributed by atoms with Crippen molar-refractivity contribution in [2.75, 3.05) is 32.1 Å². The molecule has 3 aliphatic rings. The number of hydrogen-bond donors (Lipinski definition) is 2. The van der Waals surface area contributed by atoms with Crippen LogP contribution < -0.4 is 10.1 Å². The molecule has 3 aliphatic heterocycles. The van der Waals surface area contributed by atoms with Crippen LogP contribution in [0, 0.1) is 23.0 Å². The van der Waals surface area contributed by atoms with Crippen molar-refractivity contribution in [1.82, 2.24) is 19.9 Å². The van der Waals surface area contributed by atoms with Gasteiger partial charge in [-0.15, -0.1) is 11.3 Å². The molecule has 1 aromatic carbocycles. The van der Waals surface area contributed by atoms with Crippen molar-refractivity contribution >= 4 is 43.4 Å². The summed E-state index contributed by atoms with van der Waals surface area (Å²) in [4.78, 5) is 26.5. The lowest BCUT2D eigenvalue weighted by atomic mass is 9.94. The second-order valence-corrected chi connectivity index (χ2v) is 12.3. The lowest BCUT2D eigenvalue weighted by molar-refractivity contribution is -0.185. The molecule has 12 nitrogen and oxygen atoms in total. The molecule has 7 rings (SSSR count). The quantitative estimate of drug-likeness (QED) is 0.276. The number of pyridine rings is 1. The van der Waals surface area contributed by atoms with Gasteiger partial charge in [-0.2, -0.15) is 10.2 Å². The van der Waals surface area contributed by atoms with E-state index in [9.17, 15) is 19.6 Å².